The van der Waals surface area contributed by atoms with Crippen molar-refractivity contribution in [3.63, 3.8) is 0 Å². The molecule has 19 heavy (non-hydrogen) atoms. The Morgan fingerprint density at radius 1 is 1.11 bits per heavy atom. The number of hydrogen-bond donors (Lipinski definition) is 1. The van der Waals surface area contributed by atoms with Gasteiger partial charge in [-0.15, -0.1) is 11.3 Å². The summed E-state index contributed by atoms with van der Waals surface area (Å²) >= 11 is 1.61. The normalized spacial score (nSPS) is 10.7. The van der Waals surface area contributed by atoms with E-state index in [0.717, 1.165) is 20.8 Å². The lowest BCUT2D eigenvalue weighted by molar-refractivity contribution is 0.0696. The number of thiazole rings is 1. The second-order valence-corrected chi connectivity index (χ2v) is 5.33. The zero-order valence-corrected chi connectivity index (χ0v) is 10.9. The first-order valence-corrected chi connectivity index (χ1v) is 6.71. The number of aromatic carboxylic acids is 1. The molecule has 1 aromatic heterocycles. The van der Waals surface area contributed by atoms with Crippen molar-refractivity contribution in [3.05, 3.63) is 64.7 Å². The molecule has 0 spiro atoms. The Bertz CT molecular complexity index is 715. The monoisotopic (exact) mass is 269 g/mol. The summed E-state index contributed by atoms with van der Waals surface area (Å²) in [6.07, 6.45) is 0.557. The Hall–Kier alpha value is -2.20. The number of nitrogens with zero attached hydrogens (tertiary/aromatic N) is 1. The second kappa shape index (κ2) is 4.82. The van der Waals surface area contributed by atoms with Gasteiger partial charge in [0.2, 0.25) is 0 Å². The van der Waals surface area contributed by atoms with Gasteiger partial charge in [0, 0.05) is 6.42 Å². The van der Waals surface area contributed by atoms with Crippen molar-refractivity contribution in [3.8, 4) is 0 Å². The molecule has 0 saturated heterocycles. The minimum Gasteiger partial charge on any atom is -0.478 e. The van der Waals surface area contributed by atoms with E-state index in [9.17, 15) is 4.79 Å². The Labute approximate surface area is 114 Å². The second-order valence-electron chi connectivity index (χ2n) is 4.21. The maximum Gasteiger partial charge on any atom is 0.335 e. The highest BCUT2D eigenvalue weighted by Crippen LogP contribution is 2.24. The van der Waals surface area contributed by atoms with Crippen LogP contribution in [0.4, 0.5) is 0 Å². The van der Waals surface area contributed by atoms with Crippen LogP contribution < -0.4 is 0 Å². The average Bonchev–Trinajstić information content (AvgIpc) is 2.81. The Kier molecular flexibility index (Phi) is 3.01. The third-order valence-electron chi connectivity index (χ3n) is 2.93. The van der Waals surface area contributed by atoms with Crippen LogP contribution >= 0.6 is 11.3 Å². The summed E-state index contributed by atoms with van der Waals surface area (Å²) in [6, 6.07) is 15.0. The summed E-state index contributed by atoms with van der Waals surface area (Å²) in [6.45, 7) is 0. The van der Waals surface area contributed by atoms with Gasteiger partial charge < -0.3 is 5.11 Å². The first kappa shape index (κ1) is 11.9. The number of benzene rings is 2. The molecular formula is C15H11NO2S. The minimum absolute atomic E-state index is 0.349. The fraction of sp³-hybridized carbons (Fsp3) is 0.0667. The summed E-state index contributed by atoms with van der Waals surface area (Å²) < 4.78 is 1.13. The molecule has 3 aromatic rings. The molecule has 3 nitrogen and oxygen atoms in total. The number of hydrogen-bond acceptors (Lipinski definition) is 3. The van der Waals surface area contributed by atoms with Gasteiger partial charge >= 0.3 is 5.97 Å². The number of aromatic nitrogens is 1. The Morgan fingerprint density at radius 3 is 2.63 bits per heavy atom. The van der Waals surface area contributed by atoms with Gasteiger partial charge in [-0.2, -0.15) is 0 Å². The lowest BCUT2D eigenvalue weighted by Crippen LogP contribution is -2.02. The summed E-state index contributed by atoms with van der Waals surface area (Å²) in [7, 11) is 0. The molecule has 0 fully saturated rings. The van der Waals surface area contributed by atoms with Crippen LogP contribution in [0.3, 0.4) is 0 Å². The van der Waals surface area contributed by atoms with Gasteiger partial charge in [0.25, 0.3) is 0 Å². The SMILES string of the molecule is O=C(O)c1ccccc1Cc1nc2ccccc2s1. The Balaban J connectivity index is 1.99. The van der Waals surface area contributed by atoms with Gasteiger partial charge in [-0.25, -0.2) is 9.78 Å². The maximum atomic E-state index is 11.2. The summed E-state index contributed by atoms with van der Waals surface area (Å²) in [5, 5.41) is 10.1. The van der Waals surface area contributed by atoms with Gasteiger partial charge in [0.15, 0.2) is 0 Å². The van der Waals surface area contributed by atoms with Crippen molar-refractivity contribution in [1.29, 1.82) is 0 Å². The summed E-state index contributed by atoms with van der Waals surface area (Å²) in [4.78, 5) is 15.7. The van der Waals surface area contributed by atoms with Crippen LogP contribution in [-0.2, 0) is 6.42 Å². The molecule has 4 heteroatoms. The largest absolute Gasteiger partial charge is 0.478 e. The van der Waals surface area contributed by atoms with E-state index in [1.807, 2.05) is 36.4 Å². The van der Waals surface area contributed by atoms with Crippen LogP contribution in [0.5, 0.6) is 0 Å². The number of fused-ring (bicyclic) bond motifs is 1. The van der Waals surface area contributed by atoms with E-state index in [4.69, 9.17) is 5.11 Å². The predicted octanol–water partition coefficient (Wildman–Crippen LogP) is 3.59. The fourth-order valence-electron chi connectivity index (χ4n) is 2.04. The fourth-order valence-corrected chi connectivity index (χ4v) is 3.03. The molecule has 2 aromatic carbocycles. The zero-order valence-electron chi connectivity index (χ0n) is 10.0. The van der Waals surface area contributed by atoms with Crippen LogP contribution in [0.15, 0.2) is 48.5 Å². The van der Waals surface area contributed by atoms with E-state index in [2.05, 4.69) is 4.98 Å². The first-order valence-electron chi connectivity index (χ1n) is 5.90. The van der Waals surface area contributed by atoms with Gasteiger partial charge in [0.05, 0.1) is 20.8 Å². The van der Waals surface area contributed by atoms with Crippen molar-refractivity contribution < 1.29 is 9.90 Å². The molecular weight excluding hydrogens is 258 g/mol. The van der Waals surface area contributed by atoms with Crippen LogP contribution in [0.25, 0.3) is 10.2 Å². The highest BCUT2D eigenvalue weighted by atomic mass is 32.1. The standard InChI is InChI=1S/C15H11NO2S/c17-15(18)11-6-2-1-5-10(11)9-14-16-12-7-3-4-8-13(12)19-14/h1-8H,9H2,(H,17,18). The van der Waals surface area contributed by atoms with E-state index in [-0.39, 0.29) is 0 Å². The minimum atomic E-state index is -0.892. The molecule has 0 radical (unpaired) electrons. The van der Waals surface area contributed by atoms with E-state index in [1.54, 1.807) is 23.5 Å². The molecule has 0 atom stereocenters. The lowest BCUT2D eigenvalue weighted by Gasteiger charge is -2.02. The lowest BCUT2D eigenvalue weighted by atomic mass is 10.1. The average molecular weight is 269 g/mol. The molecule has 94 valence electrons. The first-order chi connectivity index (χ1) is 9.24. The molecule has 3 rings (SSSR count). The highest BCUT2D eigenvalue weighted by molar-refractivity contribution is 7.18. The maximum absolute atomic E-state index is 11.2. The molecule has 1 heterocycles. The van der Waals surface area contributed by atoms with Crippen LogP contribution in [-0.4, -0.2) is 16.1 Å². The van der Waals surface area contributed by atoms with Gasteiger partial charge in [-0.3, -0.25) is 0 Å². The van der Waals surface area contributed by atoms with Crippen molar-refractivity contribution in [2.24, 2.45) is 0 Å². The topological polar surface area (TPSA) is 50.2 Å². The third-order valence-corrected chi connectivity index (χ3v) is 3.96. The van der Waals surface area contributed by atoms with Gasteiger partial charge in [-0.1, -0.05) is 30.3 Å². The van der Waals surface area contributed by atoms with Gasteiger partial charge in [-0.05, 0) is 23.8 Å². The summed E-state index contributed by atoms with van der Waals surface area (Å²) in [5.41, 5.74) is 2.12. The smallest absolute Gasteiger partial charge is 0.335 e. The number of carboxylic acid groups (broad SMARTS) is 1. The van der Waals surface area contributed by atoms with Crippen LogP contribution in [0, 0.1) is 0 Å². The number of rotatable bonds is 3. The molecule has 0 amide bonds. The Morgan fingerprint density at radius 2 is 1.84 bits per heavy atom. The highest BCUT2D eigenvalue weighted by Gasteiger charge is 2.11. The molecule has 0 aliphatic heterocycles. The number of para-hydroxylation sites is 1. The molecule has 0 aliphatic carbocycles. The van der Waals surface area contributed by atoms with Crippen molar-refractivity contribution in [2.75, 3.05) is 0 Å². The quantitative estimate of drug-likeness (QED) is 0.790. The third kappa shape index (κ3) is 2.35. The van der Waals surface area contributed by atoms with E-state index >= 15 is 0 Å². The summed E-state index contributed by atoms with van der Waals surface area (Å²) in [5.74, 6) is -0.892. The van der Waals surface area contributed by atoms with Gasteiger partial charge in [0.1, 0.15) is 0 Å². The van der Waals surface area contributed by atoms with E-state index in [1.165, 1.54) is 0 Å². The van der Waals surface area contributed by atoms with Crippen molar-refractivity contribution in [2.45, 2.75) is 6.42 Å². The zero-order chi connectivity index (χ0) is 13.2. The molecule has 0 saturated carbocycles. The molecule has 0 unspecified atom stereocenters. The van der Waals surface area contributed by atoms with Crippen molar-refractivity contribution >= 4 is 27.5 Å². The van der Waals surface area contributed by atoms with Crippen LogP contribution in [0.1, 0.15) is 20.9 Å². The molecule has 0 aliphatic rings. The van der Waals surface area contributed by atoms with E-state index < -0.39 is 5.97 Å². The molecule has 1 N–H and O–H groups in total. The number of carboxylic acids is 1. The van der Waals surface area contributed by atoms with Crippen LogP contribution in [0.2, 0.25) is 0 Å². The predicted molar refractivity (Wildman–Crippen MR) is 75.8 cm³/mol. The van der Waals surface area contributed by atoms with Crippen molar-refractivity contribution in [1.82, 2.24) is 4.98 Å². The van der Waals surface area contributed by atoms with E-state index in [0.29, 0.717) is 12.0 Å². The number of carbonyl (C=O) groups is 1. The molecule has 0 bridgehead atoms.